The summed E-state index contributed by atoms with van der Waals surface area (Å²) in [5.41, 5.74) is 0.990. The molecule has 0 unspecified atom stereocenters. The van der Waals surface area contributed by atoms with Crippen LogP contribution in [0.1, 0.15) is 35.5 Å². The first-order chi connectivity index (χ1) is 11.7. The van der Waals surface area contributed by atoms with Gasteiger partial charge in [0, 0.05) is 24.2 Å². The fourth-order valence-electron chi connectivity index (χ4n) is 3.41. The second-order valence-electron chi connectivity index (χ2n) is 6.06. The molecule has 4 nitrogen and oxygen atoms in total. The van der Waals surface area contributed by atoms with Crippen LogP contribution in [0.3, 0.4) is 0 Å². The van der Waals surface area contributed by atoms with Gasteiger partial charge in [-0.05, 0) is 49.3 Å². The lowest BCUT2D eigenvalue weighted by molar-refractivity contribution is 0.0846. The van der Waals surface area contributed by atoms with Crippen molar-refractivity contribution in [3.05, 3.63) is 51.4 Å². The summed E-state index contributed by atoms with van der Waals surface area (Å²) in [5, 5.41) is 4.21. The molecule has 0 saturated carbocycles. The fraction of sp³-hybridized carbons (Fsp3) is 0.412. The molecule has 2 aliphatic heterocycles. The van der Waals surface area contributed by atoms with Gasteiger partial charge in [0.15, 0.2) is 5.11 Å². The normalized spacial score (nSPS) is 26.8. The lowest BCUT2D eigenvalue weighted by Crippen LogP contribution is -2.36. The number of thiocarbonyl (C=S) groups is 1. The van der Waals surface area contributed by atoms with Crippen molar-refractivity contribution in [2.45, 2.75) is 31.0 Å². The van der Waals surface area contributed by atoms with Crippen LogP contribution in [0.15, 0.2) is 36.5 Å². The molecule has 24 heavy (non-hydrogen) atoms. The minimum absolute atomic E-state index is 0.0230. The minimum Gasteiger partial charge on any atom is -0.376 e. The number of halogens is 1. The van der Waals surface area contributed by atoms with Gasteiger partial charge in [0.2, 0.25) is 0 Å². The summed E-state index contributed by atoms with van der Waals surface area (Å²) < 4.78 is 6.62. The highest BCUT2D eigenvalue weighted by molar-refractivity contribution is 7.80. The molecule has 4 heterocycles. The molecule has 0 bridgehead atoms. The van der Waals surface area contributed by atoms with Crippen LogP contribution in [0, 0.1) is 0 Å². The average molecular weight is 380 g/mol. The second-order valence-corrected chi connectivity index (χ2v) is 8.19. The van der Waals surface area contributed by atoms with Gasteiger partial charge in [0.1, 0.15) is 0 Å². The van der Waals surface area contributed by atoms with Crippen molar-refractivity contribution in [2.24, 2.45) is 0 Å². The van der Waals surface area contributed by atoms with Gasteiger partial charge in [-0.3, -0.25) is 4.98 Å². The first-order valence-electron chi connectivity index (χ1n) is 8.07. The number of rotatable bonds is 4. The first kappa shape index (κ1) is 16.3. The van der Waals surface area contributed by atoms with Crippen LogP contribution in [-0.4, -0.2) is 34.3 Å². The Balaban J connectivity index is 1.67. The molecule has 3 atom stereocenters. The van der Waals surface area contributed by atoms with Crippen molar-refractivity contribution in [1.82, 2.24) is 15.2 Å². The lowest BCUT2D eigenvalue weighted by atomic mass is 10.0. The zero-order valence-corrected chi connectivity index (χ0v) is 15.4. The number of nitrogens with zero attached hydrogens (tertiary/aromatic N) is 2. The molecule has 126 valence electrons. The molecule has 0 amide bonds. The van der Waals surface area contributed by atoms with Gasteiger partial charge < -0.3 is 15.0 Å². The molecule has 2 aromatic heterocycles. The molecule has 2 saturated heterocycles. The Morgan fingerprint density at radius 1 is 1.38 bits per heavy atom. The van der Waals surface area contributed by atoms with Crippen molar-refractivity contribution < 1.29 is 4.74 Å². The Kier molecular flexibility index (Phi) is 4.72. The molecule has 2 aromatic rings. The topological polar surface area (TPSA) is 37.4 Å². The third-order valence-electron chi connectivity index (χ3n) is 4.51. The average Bonchev–Trinajstić information content (AvgIpc) is 3.31. The molecule has 7 heteroatoms. The van der Waals surface area contributed by atoms with Crippen LogP contribution in [0.4, 0.5) is 0 Å². The molecule has 2 fully saturated rings. The lowest BCUT2D eigenvalue weighted by Gasteiger charge is -2.28. The van der Waals surface area contributed by atoms with Crippen LogP contribution < -0.4 is 5.32 Å². The Labute approximate surface area is 155 Å². The summed E-state index contributed by atoms with van der Waals surface area (Å²) in [5.74, 6) is 0. The van der Waals surface area contributed by atoms with Gasteiger partial charge in [-0.15, -0.1) is 11.3 Å². The molecule has 0 aliphatic carbocycles. The van der Waals surface area contributed by atoms with Crippen molar-refractivity contribution in [1.29, 1.82) is 0 Å². The molecule has 0 spiro atoms. The summed E-state index contributed by atoms with van der Waals surface area (Å²) in [4.78, 5) is 7.97. The van der Waals surface area contributed by atoms with E-state index in [1.807, 2.05) is 30.5 Å². The van der Waals surface area contributed by atoms with E-state index in [4.69, 9.17) is 28.6 Å². The summed E-state index contributed by atoms with van der Waals surface area (Å²) in [6.45, 7) is 1.65. The van der Waals surface area contributed by atoms with Gasteiger partial charge in [-0.1, -0.05) is 17.7 Å². The van der Waals surface area contributed by atoms with Crippen LogP contribution in [0.25, 0.3) is 0 Å². The van der Waals surface area contributed by atoms with Crippen LogP contribution in [0.5, 0.6) is 0 Å². The van der Waals surface area contributed by atoms with Crippen LogP contribution in [-0.2, 0) is 4.74 Å². The number of ether oxygens (including phenoxy) is 1. The molecule has 4 rings (SSSR count). The molecular weight excluding hydrogens is 362 g/mol. The number of aromatic nitrogens is 1. The van der Waals surface area contributed by atoms with E-state index in [1.165, 1.54) is 4.88 Å². The van der Waals surface area contributed by atoms with E-state index in [0.29, 0.717) is 0 Å². The summed E-state index contributed by atoms with van der Waals surface area (Å²) in [6.07, 6.45) is 4.27. The minimum atomic E-state index is 0.0230. The maximum Gasteiger partial charge on any atom is 0.170 e. The van der Waals surface area contributed by atoms with E-state index in [9.17, 15) is 0 Å². The molecule has 0 radical (unpaired) electrons. The van der Waals surface area contributed by atoms with Crippen LogP contribution >= 0.6 is 35.2 Å². The van der Waals surface area contributed by atoms with Gasteiger partial charge >= 0.3 is 0 Å². The Morgan fingerprint density at radius 2 is 2.29 bits per heavy atom. The predicted octanol–water partition coefficient (Wildman–Crippen LogP) is 3.95. The number of nitrogens with one attached hydrogen (secondary N) is 1. The van der Waals surface area contributed by atoms with Crippen molar-refractivity contribution in [3.63, 3.8) is 0 Å². The van der Waals surface area contributed by atoms with E-state index in [1.54, 1.807) is 11.3 Å². The van der Waals surface area contributed by atoms with Gasteiger partial charge in [-0.25, -0.2) is 0 Å². The molecule has 1 N–H and O–H groups in total. The molecule has 0 aromatic carbocycles. The Hall–Kier alpha value is -1.21. The highest BCUT2D eigenvalue weighted by Gasteiger charge is 2.41. The maximum absolute atomic E-state index is 6.19. The predicted molar refractivity (Wildman–Crippen MR) is 100 cm³/mol. The molecular formula is C17H18ClN3OS2. The number of hydrogen-bond donors (Lipinski definition) is 1. The second kappa shape index (κ2) is 6.96. The maximum atomic E-state index is 6.19. The third kappa shape index (κ3) is 3.16. The number of hydrogen-bond acceptors (Lipinski definition) is 4. The summed E-state index contributed by atoms with van der Waals surface area (Å²) >= 11 is 13.4. The largest absolute Gasteiger partial charge is 0.376 e. The first-order valence-corrected chi connectivity index (χ1v) is 9.67. The highest BCUT2D eigenvalue weighted by Crippen LogP contribution is 2.42. The van der Waals surface area contributed by atoms with E-state index in [-0.39, 0.29) is 18.2 Å². The van der Waals surface area contributed by atoms with Gasteiger partial charge in [-0.2, -0.15) is 0 Å². The van der Waals surface area contributed by atoms with Crippen LogP contribution in [0.2, 0.25) is 4.34 Å². The zero-order valence-electron chi connectivity index (χ0n) is 13.0. The standard InChI is InChI=1S/C17H18ClN3OS2/c18-14-7-6-13(24-14)16-15(12-5-1-2-8-19-12)20-17(23)21(16)10-11-4-3-9-22-11/h1-2,5-8,11,15-16H,3-4,9-10H2,(H,20,23)/t11-,15-,16-/m1/s1. The smallest absolute Gasteiger partial charge is 0.170 e. The number of pyridine rings is 1. The number of thiophene rings is 1. The zero-order chi connectivity index (χ0) is 16.5. The van der Waals surface area contributed by atoms with Gasteiger partial charge in [0.05, 0.1) is 28.2 Å². The molecule has 2 aliphatic rings. The van der Waals surface area contributed by atoms with Gasteiger partial charge in [0.25, 0.3) is 0 Å². The highest BCUT2D eigenvalue weighted by atomic mass is 35.5. The fourth-order valence-corrected chi connectivity index (χ4v) is 4.93. The third-order valence-corrected chi connectivity index (χ3v) is 6.16. The van der Waals surface area contributed by atoms with E-state index in [0.717, 1.165) is 41.1 Å². The van der Waals surface area contributed by atoms with E-state index in [2.05, 4.69) is 21.3 Å². The van der Waals surface area contributed by atoms with Crippen molar-refractivity contribution in [3.8, 4) is 0 Å². The van der Waals surface area contributed by atoms with E-state index < -0.39 is 0 Å². The summed E-state index contributed by atoms with van der Waals surface area (Å²) in [6, 6.07) is 10.1. The van der Waals surface area contributed by atoms with Crippen molar-refractivity contribution >= 4 is 40.3 Å². The van der Waals surface area contributed by atoms with E-state index >= 15 is 0 Å². The Bertz CT molecular complexity index is 718. The quantitative estimate of drug-likeness (QED) is 0.814. The van der Waals surface area contributed by atoms with Crippen molar-refractivity contribution in [2.75, 3.05) is 13.2 Å². The summed E-state index contributed by atoms with van der Waals surface area (Å²) in [7, 11) is 0. The Morgan fingerprint density at radius 3 is 2.96 bits per heavy atom. The SMILES string of the molecule is S=C1N[C@H](c2ccccn2)[C@@H](c2ccc(Cl)s2)N1C[C@H]1CCCO1. The monoisotopic (exact) mass is 379 g/mol.